The van der Waals surface area contributed by atoms with E-state index in [1.165, 1.54) is 61.9 Å². The molecule has 7 aromatic rings. The molecule has 0 N–H and O–H groups in total. The van der Waals surface area contributed by atoms with Gasteiger partial charge in [-0.3, -0.25) is 4.99 Å². The van der Waals surface area contributed by atoms with Crippen LogP contribution in [0.1, 0.15) is 75.8 Å². The molecule has 0 heterocycles. The van der Waals surface area contributed by atoms with Crippen LogP contribution in [0.2, 0.25) is 0 Å². The van der Waals surface area contributed by atoms with Crippen LogP contribution in [0.3, 0.4) is 0 Å². The van der Waals surface area contributed by atoms with Crippen molar-refractivity contribution >= 4 is 33.5 Å². The van der Waals surface area contributed by atoms with Crippen molar-refractivity contribution < 1.29 is 0 Å². The number of fused-ring (bicyclic) bond motifs is 4. The number of rotatable bonds is 8. The SMILES string of the molecule is C=C.C=C/C=C(\C=C/C)C(=C)N=C(C)c1ccccc1.CCC.Cc1ccc(N(c2ccccc2)c2cccc3ccccc23)cc1.Cc1ccc2c(c1)-c1ccccc1C2(C)C. The van der Waals surface area contributed by atoms with Crippen LogP contribution >= 0.6 is 0 Å². The molecule has 0 radical (unpaired) electrons. The van der Waals surface area contributed by atoms with Gasteiger partial charge in [0.05, 0.1) is 11.4 Å². The Balaban J connectivity index is 0.000000201. The number of aliphatic imine (C=N–C) groups is 1. The van der Waals surface area contributed by atoms with E-state index in [9.17, 15) is 0 Å². The molecule has 0 aromatic heterocycles. The first-order chi connectivity index (χ1) is 30.5. The Kier molecular flexibility index (Phi) is 18.9. The van der Waals surface area contributed by atoms with Gasteiger partial charge in [-0.2, -0.15) is 0 Å². The van der Waals surface area contributed by atoms with E-state index in [1.54, 1.807) is 6.08 Å². The Labute approximate surface area is 379 Å². The largest absolute Gasteiger partial charge is 0.310 e. The molecule has 7 aromatic carbocycles. The van der Waals surface area contributed by atoms with Crippen molar-refractivity contribution in [2.24, 2.45) is 4.99 Å². The van der Waals surface area contributed by atoms with Crippen molar-refractivity contribution in [3.8, 4) is 11.1 Å². The summed E-state index contributed by atoms with van der Waals surface area (Å²) in [6.07, 6.45) is 8.84. The summed E-state index contributed by atoms with van der Waals surface area (Å²) in [6, 6.07) is 59.9. The molecule has 0 spiro atoms. The summed E-state index contributed by atoms with van der Waals surface area (Å²) in [4.78, 5) is 6.86. The predicted molar refractivity (Wildman–Crippen MR) is 280 cm³/mol. The second-order valence-corrected chi connectivity index (χ2v) is 15.8. The number of hydrogen-bond donors (Lipinski definition) is 0. The van der Waals surface area contributed by atoms with E-state index >= 15 is 0 Å². The number of aryl methyl sites for hydroxylation is 2. The van der Waals surface area contributed by atoms with Gasteiger partial charge < -0.3 is 4.90 Å². The third-order valence-electron chi connectivity index (χ3n) is 10.5. The van der Waals surface area contributed by atoms with Gasteiger partial charge in [-0.25, -0.2) is 0 Å². The van der Waals surface area contributed by atoms with Crippen molar-refractivity contribution in [2.75, 3.05) is 4.90 Å². The van der Waals surface area contributed by atoms with Gasteiger partial charge in [0.15, 0.2) is 0 Å². The fourth-order valence-electron chi connectivity index (χ4n) is 7.50. The highest BCUT2D eigenvalue weighted by Crippen LogP contribution is 2.48. The predicted octanol–water partition coefficient (Wildman–Crippen LogP) is 17.8. The summed E-state index contributed by atoms with van der Waals surface area (Å²) < 4.78 is 0. The molecule has 0 amide bonds. The van der Waals surface area contributed by atoms with Crippen molar-refractivity contribution in [3.05, 3.63) is 260 Å². The van der Waals surface area contributed by atoms with Crippen LogP contribution < -0.4 is 4.90 Å². The van der Waals surface area contributed by atoms with Crippen LogP contribution in [0.25, 0.3) is 21.9 Å². The zero-order valence-electron chi connectivity index (χ0n) is 38.9. The lowest BCUT2D eigenvalue weighted by atomic mass is 9.82. The van der Waals surface area contributed by atoms with Gasteiger partial charge in [0.1, 0.15) is 0 Å². The average molecular weight is 827 g/mol. The maximum absolute atomic E-state index is 4.54. The minimum Gasteiger partial charge on any atom is -0.310 e. The van der Waals surface area contributed by atoms with Gasteiger partial charge in [0.25, 0.3) is 0 Å². The number of allylic oxidation sites excluding steroid dienone is 4. The van der Waals surface area contributed by atoms with Crippen LogP contribution in [0.4, 0.5) is 17.1 Å². The standard InChI is InChI=1S/C23H19N.C17H19N.C16H16.C3H8.C2H4/c1-18-14-16-21(17-15-18)24(20-10-3-2-4-11-20)23-13-7-9-19-8-5-6-12-22(19)23;1-5-10-16(11-6-2)14(3)18-15(4)17-12-8-7-9-13-17;1-11-8-9-15-13(10-11)12-6-4-5-7-14(12)16(15,2)3;1-3-2;1-2/h2-17H,1H3;5-13H,1,3H2,2,4H3;4-10H,1-3H3;3H2,1-2H3;1-2H2/b;11-6-,16-10+,18-15?;;;. The quantitative estimate of drug-likeness (QED) is 0.0846. The molecule has 0 aliphatic heterocycles. The van der Waals surface area contributed by atoms with E-state index in [0.717, 1.165) is 28.2 Å². The van der Waals surface area contributed by atoms with E-state index in [1.807, 2.05) is 62.4 Å². The topological polar surface area (TPSA) is 15.6 Å². The Morgan fingerprint density at radius 3 is 1.83 bits per heavy atom. The molecule has 2 nitrogen and oxygen atoms in total. The molecule has 320 valence electrons. The molecule has 0 saturated carbocycles. The molecule has 0 fully saturated rings. The Bertz CT molecular complexity index is 2620. The summed E-state index contributed by atoms with van der Waals surface area (Å²) >= 11 is 0. The van der Waals surface area contributed by atoms with E-state index < -0.39 is 0 Å². The van der Waals surface area contributed by atoms with Crippen LogP contribution in [-0.4, -0.2) is 5.71 Å². The summed E-state index contributed by atoms with van der Waals surface area (Å²) in [5.41, 5.74) is 15.8. The van der Waals surface area contributed by atoms with Crippen LogP contribution in [-0.2, 0) is 5.41 Å². The van der Waals surface area contributed by atoms with Gasteiger partial charge in [-0.05, 0) is 96.8 Å². The molecule has 8 rings (SSSR count). The molecule has 0 saturated heterocycles. The van der Waals surface area contributed by atoms with Gasteiger partial charge >= 0.3 is 0 Å². The monoisotopic (exact) mass is 827 g/mol. The fourth-order valence-corrected chi connectivity index (χ4v) is 7.50. The lowest BCUT2D eigenvalue weighted by Gasteiger charge is -2.26. The Hall–Kier alpha value is -7.03. The second kappa shape index (κ2) is 24.4. The first-order valence-corrected chi connectivity index (χ1v) is 21.9. The highest BCUT2D eigenvalue weighted by Gasteiger charge is 2.34. The van der Waals surface area contributed by atoms with Crippen molar-refractivity contribution in [2.45, 2.75) is 67.2 Å². The normalized spacial score (nSPS) is 12.1. The molecular formula is C61H66N2. The van der Waals surface area contributed by atoms with Gasteiger partial charge in [-0.1, -0.05) is 222 Å². The average Bonchev–Trinajstić information content (AvgIpc) is 3.54. The second-order valence-electron chi connectivity index (χ2n) is 15.8. The molecule has 63 heavy (non-hydrogen) atoms. The summed E-state index contributed by atoms with van der Waals surface area (Å²) in [6.45, 7) is 30.8. The number of para-hydroxylation sites is 1. The van der Waals surface area contributed by atoms with E-state index in [-0.39, 0.29) is 5.41 Å². The van der Waals surface area contributed by atoms with Gasteiger partial charge in [0, 0.05) is 27.9 Å². The van der Waals surface area contributed by atoms with Crippen LogP contribution in [0.5, 0.6) is 0 Å². The minimum absolute atomic E-state index is 0.152. The Morgan fingerprint density at radius 2 is 1.17 bits per heavy atom. The minimum atomic E-state index is 0.152. The van der Waals surface area contributed by atoms with Crippen LogP contribution in [0.15, 0.2) is 237 Å². The lowest BCUT2D eigenvalue weighted by molar-refractivity contribution is 0.660. The van der Waals surface area contributed by atoms with Crippen molar-refractivity contribution in [1.82, 2.24) is 0 Å². The van der Waals surface area contributed by atoms with Crippen LogP contribution in [0, 0.1) is 13.8 Å². The number of benzene rings is 7. The van der Waals surface area contributed by atoms with E-state index in [0.29, 0.717) is 0 Å². The number of anilines is 3. The van der Waals surface area contributed by atoms with E-state index in [2.05, 4.69) is 217 Å². The highest BCUT2D eigenvalue weighted by molar-refractivity contribution is 6.00. The molecule has 0 unspecified atom stereocenters. The molecule has 0 bridgehead atoms. The maximum Gasteiger partial charge on any atom is 0.0633 e. The first-order valence-electron chi connectivity index (χ1n) is 21.9. The Morgan fingerprint density at radius 1 is 0.635 bits per heavy atom. The summed E-state index contributed by atoms with van der Waals surface area (Å²) in [5.74, 6) is 0. The van der Waals surface area contributed by atoms with Gasteiger partial charge in [0.2, 0.25) is 0 Å². The summed E-state index contributed by atoms with van der Waals surface area (Å²) in [7, 11) is 0. The van der Waals surface area contributed by atoms with Gasteiger partial charge in [-0.15, -0.1) is 13.2 Å². The fraction of sp³-hybridized carbons (Fsp3) is 0.164. The smallest absolute Gasteiger partial charge is 0.0633 e. The zero-order chi connectivity index (χ0) is 45.8. The molecular weight excluding hydrogens is 761 g/mol. The molecule has 2 heteroatoms. The lowest BCUT2D eigenvalue weighted by Crippen LogP contribution is -2.14. The third-order valence-corrected chi connectivity index (χ3v) is 10.5. The van der Waals surface area contributed by atoms with Crippen molar-refractivity contribution in [1.29, 1.82) is 0 Å². The molecule has 1 aliphatic rings. The number of nitrogens with zero attached hydrogens (tertiary/aromatic N) is 2. The maximum atomic E-state index is 4.54. The number of hydrogen-bond acceptors (Lipinski definition) is 2. The molecule has 0 atom stereocenters. The third kappa shape index (κ3) is 12.8. The zero-order valence-corrected chi connectivity index (χ0v) is 38.9. The van der Waals surface area contributed by atoms with E-state index in [4.69, 9.17) is 0 Å². The summed E-state index contributed by atoms with van der Waals surface area (Å²) in [5, 5.41) is 2.51. The highest BCUT2D eigenvalue weighted by atomic mass is 15.1. The first kappa shape index (κ1) is 48.6. The molecule has 1 aliphatic carbocycles. The van der Waals surface area contributed by atoms with Crippen molar-refractivity contribution in [3.63, 3.8) is 0 Å².